The van der Waals surface area contributed by atoms with Crippen LogP contribution in [0.25, 0.3) is 0 Å². The topological polar surface area (TPSA) is 117 Å². The van der Waals surface area contributed by atoms with E-state index in [9.17, 15) is 14.7 Å². The molecule has 0 aliphatic heterocycles. The summed E-state index contributed by atoms with van der Waals surface area (Å²) >= 11 is 0. The number of anilines is 1. The lowest BCUT2D eigenvalue weighted by molar-refractivity contribution is -0.151. The number of ether oxygens (including phenoxy) is 1. The summed E-state index contributed by atoms with van der Waals surface area (Å²) in [5.74, 6) is -1.24. The lowest BCUT2D eigenvalue weighted by Crippen LogP contribution is -2.34. The maximum atomic E-state index is 11.9. The van der Waals surface area contributed by atoms with E-state index in [1.165, 1.54) is 0 Å². The number of hydrogen-bond donors (Lipinski definition) is 3. The zero-order valence-corrected chi connectivity index (χ0v) is 11.9. The van der Waals surface area contributed by atoms with Crippen LogP contribution in [0.15, 0.2) is 0 Å². The van der Waals surface area contributed by atoms with Crippen molar-refractivity contribution in [1.29, 1.82) is 0 Å². The van der Waals surface area contributed by atoms with Gasteiger partial charge in [-0.05, 0) is 19.8 Å². The van der Waals surface area contributed by atoms with Gasteiger partial charge in [0, 0.05) is 6.42 Å². The molecule has 0 atom stereocenters. The van der Waals surface area contributed by atoms with E-state index < -0.39 is 17.3 Å². The minimum absolute atomic E-state index is 0.111. The molecule has 3 N–H and O–H groups in total. The van der Waals surface area contributed by atoms with E-state index in [4.69, 9.17) is 4.74 Å². The van der Waals surface area contributed by atoms with Gasteiger partial charge in [0.1, 0.15) is 0 Å². The molecule has 20 heavy (non-hydrogen) atoms. The Labute approximate surface area is 116 Å². The molecule has 0 fully saturated rings. The van der Waals surface area contributed by atoms with Gasteiger partial charge in [-0.1, -0.05) is 13.8 Å². The summed E-state index contributed by atoms with van der Waals surface area (Å²) < 4.78 is 5.05. The van der Waals surface area contributed by atoms with Crippen LogP contribution in [-0.4, -0.2) is 38.8 Å². The summed E-state index contributed by atoms with van der Waals surface area (Å²) in [5, 5.41) is 18.0. The third kappa shape index (κ3) is 3.69. The number of hydrogen-bond acceptors (Lipinski definition) is 5. The highest BCUT2D eigenvalue weighted by Gasteiger charge is 2.37. The highest BCUT2D eigenvalue weighted by atomic mass is 16.5. The van der Waals surface area contributed by atoms with E-state index in [0.717, 1.165) is 0 Å². The summed E-state index contributed by atoms with van der Waals surface area (Å²) in [4.78, 5) is 27.1. The number of aliphatic carboxylic acids is 1. The molecule has 0 saturated carbocycles. The zero-order valence-electron chi connectivity index (χ0n) is 11.9. The second-order valence-corrected chi connectivity index (χ2v) is 4.42. The predicted molar refractivity (Wildman–Crippen MR) is 71.4 cm³/mol. The van der Waals surface area contributed by atoms with Crippen molar-refractivity contribution in [2.75, 3.05) is 11.9 Å². The third-order valence-corrected chi connectivity index (χ3v) is 3.30. The summed E-state index contributed by atoms with van der Waals surface area (Å²) in [6.07, 6.45) is 0.652. The quantitative estimate of drug-likeness (QED) is 0.664. The van der Waals surface area contributed by atoms with E-state index >= 15 is 0 Å². The van der Waals surface area contributed by atoms with Gasteiger partial charge in [-0.15, -0.1) is 5.10 Å². The van der Waals surface area contributed by atoms with Crippen LogP contribution in [0.5, 0.6) is 6.01 Å². The molecule has 1 amide bonds. The highest BCUT2D eigenvalue weighted by Crippen LogP contribution is 2.31. The van der Waals surface area contributed by atoms with E-state index in [-0.39, 0.29) is 18.4 Å². The molecule has 0 aliphatic carbocycles. The molecular formula is C12H20N4O4. The molecule has 0 bridgehead atoms. The van der Waals surface area contributed by atoms with Gasteiger partial charge < -0.3 is 9.84 Å². The minimum atomic E-state index is -1.05. The Morgan fingerprint density at radius 1 is 1.35 bits per heavy atom. The van der Waals surface area contributed by atoms with Crippen molar-refractivity contribution < 1.29 is 19.4 Å². The van der Waals surface area contributed by atoms with Crippen LogP contribution in [0.1, 0.15) is 40.0 Å². The Bertz CT molecular complexity index is 468. The van der Waals surface area contributed by atoms with Crippen LogP contribution in [0, 0.1) is 5.41 Å². The number of carboxylic acid groups (broad SMARTS) is 1. The van der Waals surface area contributed by atoms with E-state index in [1.54, 1.807) is 20.8 Å². The Hall–Kier alpha value is -2.12. The maximum Gasteiger partial charge on any atom is 0.337 e. The fourth-order valence-corrected chi connectivity index (χ4v) is 1.86. The normalized spacial score (nSPS) is 11.2. The predicted octanol–water partition coefficient (Wildman–Crippen LogP) is 1.42. The van der Waals surface area contributed by atoms with E-state index in [0.29, 0.717) is 19.4 Å². The molecule has 0 unspecified atom stereocenters. The number of carbonyl (C=O) groups is 2. The molecule has 1 heterocycles. The number of aromatic amines is 1. The van der Waals surface area contributed by atoms with Gasteiger partial charge in [0.25, 0.3) is 0 Å². The first-order chi connectivity index (χ1) is 9.47. The molecule has 112 valence electrons. The Morgan fingerprint density at radius 2 is 2.00 bits per heavy atom. The number of amides is 1. The van der Waals surface area contributed by atoms with Crippen LogP contribution >= 0.6 is 0 Å². The smallest absolute Gasteiger partial charge is 0.337 e. The number of nitrogens with one attached hydrogen (secondary N) is 2. The molecule has 0 saturated heterocycles. The number of carbonyl (C=O) groups excluding carboxylic acids is 1. The van der Waals surface area contributed by atoms with Crippen LogP contribution in [0.3, 0.4) is 0 Å². The van der Waals surface area contributed by atoms with Crippen molar-refractivity contribution >= 4 is 17.8 Å². The second-order valence-electron chi connectivity index (χ2n) is 4.42. The molecule has 0 aromatic carbocycles. The number of rotatable bonds is 8. The second kappa shape index (κ2) is 6.88. The lowest BCUT2D eigenvalue weighted by atomic mass is 9.79. The van der Waals surface area contributed by atoms with Crippen LogP contribution in [-0.2, 0) is 9.59 Å². The van der Waals surface area contributed by atoms with Crippen molar-refractivity contribution in [2.45, 2.75) is 40.0 Å². The van der Waals surface area contributed by atoms with Crippen LogP contribution < -0.4 is 10.1 Å². The first kappa shape index (κ1) is 15.9. The maximum absolute atomic E-state index is 11.9. The molecule has 0 spiro atoms. The average Bonchev–Trinajstić information content (AvgIpc) is 2.83. The summed E-state index contributed by atoms with van der Waals surface area (Å²) in [6.45, 7) is 5.72. The molecular weight excluding hydrogens is 264 g/mol. The molecule has 1 aromatic rings. The van der Waals surface area contributed by atoms with Gasteiger partial charge in [-0.3, -0.25) is 14.9 Å². The Balaban J connectivity index is 2.68. The summed E-state index contributed by atoms with van der Waals surface area (Å²) in [6, 6.07) is 0.137. The van der Waals surface area contributed by atoms with Gasteiger partial charge in [-0.25, -0.2) is 5.10 Å². The largest absolute Gasteiger partial charge is 0.481 e. The van der Waals surface area contributed by atoms with Crippen molar-refractivity contribution in [2.24, 2.45) is 5.41 Å². The van der Waals surface area contributed by atoms with Crippen LogP contribution in [0.2, 0.25) is 0 Å². The first-order valence-electron chi connectivity index (χ1n) is 6.55. The van der Waals surface area contributed by atoms with Gasteiger partial charge >= 0.3 is 12.0 Å². The monoisotopic (exact) mass is 284 g/mol. The highest BCUT2D eigenvalue weighted by molar-refractivity contribution is 5.92. The molecule has 8 nitrogen and oxygen atoms in total. The van der Waals surface area contributed by atoms with Gasteiger partial charge in [-0.2, -0.15) is 4.98 Å². The standard InChI is InChI=1S/C12H20N4O4/c1-4-12(5-2,9(18)19)7-8(17)13-10-14-11(16-15-10)20-6-3/h4-7H2,1-3H3,(H,18,19)(H2,13,14,15,16,17). The Morgan fingerprint density at radius 3 is 2.50 bits per heavy atom. The molecule has 0 aliphatic rings. The fourth-order valence-electron chi connectivity index (χ4n) is 1.86. The zero-order chi connectivity index (χ0) is 15.2. The van der Waals surface area contributed by atoms with Crippen molar-refractivity contribution in [3.8, 4) is 6.01 Å². The van der Waals surface area contributed by atoms with Crippen molar-refractivity contribution in [1.82, 2.24) is 15.2 Å². The molecule has 8 heteroatoms. The van der Waals surface area contributed by atoms with Gasteiger partial charge in [0.2, 0.25) is 11.9 Å². The average molecular weight is 284 g/mol. The number of nitrogens with zero attached hydrogens (tertiary/aromatic N) is 2. The number of carboxylic acids is 1. The lowest BCUT2D eigenvalue weighted by Gasteiger charge is -2.25. The van der Waals surface area contributed by atoms with Gasteiger partial charge in [0.15, 0.2) is 0 Å². The van der Waals surface area contributed by atoms with Crippen molar-refractivity contribution in [3.05, 3.63) is 0 Å². The van der Waals surface area contributed by atoms with Crippen LogP contribution in [0.4, 0.5) is 5.95 Å². The van der Waals surface area contributed by atoms with E-state index in [1.807, 2.05) is 0 Å². The van der Waals surface area contributed by atoms with E-state index in [2.05, 4.69) is 20.5 Å². The number of H-pyrrole nitrogens is 1. The summed E-state index contributed by atoms with van der Waals surface area (Å²) in [7, 11) is 0. The SMILES string of the molecule is CCOc1n[nH]c(NC(=O)CC(CC)(CC)C(=O)O)n1. The molecule has 0 radical (unpaired) electrons. The Kier molecular flexibility index (Phi) is 5.48. The summed E-state index contributed by atoms with van der Waals surface area (Å²) in [5.41, 5.74) is -1.05. The number of aromatic nitrogens is 3. The van der Waals surface area contributed by atoms with Crippen molar-refractivity contribution in [3.63, 3.8) is 0 Å². The fraction of sp³-hybridized carbons (Fsp3) is 0.667. The molecule has 1 aromatic heterocycles. The first-order valence-corrected chi connectivity index (χ1v) is 6.55. The third-order valence-electron chi connectivity index (χ3n) is 3.30. The molecule has 1 rings (SSSR count). The van der Waals surface area contributed by atoms with Gasteiger partial charge in [0.05, 0.1) is 12.0 Å². The minimum Gasteiger partial charge on any atom is -0.481 e.